The van der Waals surface area contributed by atoms with E-state index in [1.54, 1.807) is 0 Å². The van der Waals surface area contributed by atoms with Crippen LogP contribution in [0.1, 0.15) is 39.0 Å². The van der Waals surface area contributed by atoms with Gasteiger partial charge in [0.1, 0.15) is 5.78 Å². The molecule has 0 saturated heterocycles. The highest BCUT2D eigenvalue weighted by atomic mass is 31.0. The van der Waals surface area contributed by atoms with E-state index in [1.807, 2.05) is 0 Å². The molecule has 1 unspecified atom stereocenters. The molecule has 2 heteroatoms. The Labute approximate surface area is 65.8 Å². The highest BCUT2D eigenvalue weighted by Crippen LogP contribution is 2.03. The Morgan fingerprint density at radius 2 is 2.00 bits per heavy atom. The zero-order valence-electron chi connectivity index (χ0n) is 6.73. The van der Waals surface area contributed by atoms with Crippen LogP contribution in [-0.4, -0.2) is 11.9 Å². The predicted octanol–water partition coefficient (Wildman–Crippen LogP) is 2.40. The Bertz CT molecular complexity index is 91.3. The van der Waals surface area contributed by atoms with Crippen LogP contribution in [0.2, 0.25) is 0 Å². The average Bonchev–Trinajstić information content (AvgIpc) is 1.98. The third-order valence-corrected chi connectivity index (χ3v) is 1.99. The SMILES string of the molecule is CCCCCCC(=O)CP. The summed E-state index contributed by atoms with van der Waals surface area (Å²) in [6, 6.07) is 0. The van der Waals surface area contributed by atoms with Crippen LogP contribution in [0.5, 0.6) is 0 Å². The molecule has 10 heavy (non-hydrogen) atoms. The third-order valence-electron chi connectivity index (χ3n) is 1.54. The van der Waals surface area contributed by atoms with Gasteiger partial charge in [-0.25, -0.2) is 0 Å². The lowest BCUT2D eigenvalue weighted by Crippen LogP contribution is -1.97. The molecule has 0 heterocycles. The summed E-state index contributed by atoms with van der Waals surface area (Å²) in [4.78, 5) is 10.8. The second-order valence-corrected chi connectivity index (χ2v) is 2.96. The van der Waals surface area contributed by atoms with Gasteiger partial charge in [0.25, 0.3) is 0 Å². The van der Waals surface area contributed by atoms with Crippen molar-refractivity contribution in [3.05, 3.63) is 0 Å². The molecule has 0 amide bonds. The van der Waals surface area contributed by atoms with Crippen LogP contribution in [-0.2, 0) is 4.79 Å². The summed E-state index contributed by atoms with van der Waals surface area (Å²) in [6.07, 6.45) is 6.23. The van der Waals surface area contributed by atoms with Gasteiger partial charge >= 0.3 is 0 Å². The van der Waals surface area contributed by atoms with E-state index in [0.29, 0.717) is 11.9 Å². The molecule has 0 aliphatic carbocycles. The molecule has 1 atom stereocenters. The summed E-state index contributed by atoms with van der Waals surface area (Å²) in [5, 5.41) is 0. The molecule has 0 bridgehead atoms. The van der Waals surface area contributed by atoms with Crippen molar-refractivity contribution in [1.82, 2.24) is 0 Å². The van der Waals surface area contributed by atoms with Crippen molar-refractivity contribution in [2.24, 2.45) is 0 Å². The van der Waals surface area contributed by atoms with Gasteiger partial charge < -0.3 is 0 Å². The topological polar surface area (TPSA) is 17.1 Å². The fourth-order valence-electron chi connectivity index (χ4n) is 0.851. The van der Waals surface area contributed by atoms with Gasteiger partial charge in [-0.1, -0.05) is 26.2 Å². The molecule has 0 aliphatic heterocycles. The molecule has 0 aromatic carbocycles. The van der Waals surface area contributed by atoms with Crippen LogP contribution in [0.4, 0.5) is 0 Å². The monoisotopic (exact) mass is 160 g/mol. The number of Topliss-reactive ketones (excluding diaryl/α,β-unsaturated/α-hetero) is 1. The number of hydrogen-bond donors (Lipinski definition) is 0. The third kappa shape index (κ3) is 6.22. The van der Waals surface area contributed by atoms with E-state index in [2.05, 4.69) is 16.2 Å². The number of ketones is 1. The molecule has 0 spiro atoms. The lowest BCUT2D eigenvalue weighted by Gasteiger charge is -1.95. The van der Waals surface area contributed by atoms with E-state index in [9.17, 15) is 4.79 Å². The maximum atomic E-state index is 10.8. The highest BCUT2D eigenvalue weighted by Gasteiger charge is 1.95. The summed E-state index contributed by atoms with van der Waals surface area (Å²) >= 11 is 0. The fourth-order valence-corrected chi connectivity index (χ4v) is 1.06. The van der Waals surface area contributed by atoms with Crippen molar-refractivity contribution in [3.8, 4) is 0 Å². The van der Waals surface area contributed by atoms with Crippen molar-refractivity contribution in [3.63, 3.8) is 0 Å². The van der Waals surface area contributed by atoms with Crippen LogP contribution in [0.3, 0.4) is 0 Å². The van der Waals surface area contributed by atoms with Crippen LogP contribution >= 0.6 is 9.24 Å². The summed E-state index contributed by atoms with van der Waals surface area (Å²) in [7, 11) is 2.47. The molecule has 0 aromatic heterocycles. The minimum absolute atomic E-state index is 0.376. The van der Waals surface area contributed by atoms with Crippen molar-refractivity contribution in [2.45, 2.75) is 39.0 Å². The van der Waals surface area contributed by atoms with Crippen LogP contribution in [0, 0.1) is 0 Å². The molecular formula is C8H17OP. The quantitative estimate of drug-likeness (QED) is 0.430. The zero-order valence-corrected chi connectivity index (χ0v) is 7.88. The van der Waals surface area contributed by atoms with Crippen molar-refractivity contribution in [1.29, 1.82) is 0 Å². The molecule has 0 rings (SSSR count). The van der Waals surface area contributed by atoms with Gasteiger partial charge in [-0.2, -0.15) is 0 Å². The maximum Gasteiger partial charge on any atom is 0.136 e. The van der Waals surface area contributed by atoms with Gasteiger partial charge in [-0.05, 0) is 6.42 Å². The standard InChI is InChI=1S/C8H17OP/c1-2-3-4-5-6-8(9)7-10/h2-7,10H2,1H3. The fraction of sp³-hybridized carbons (Fsp3) is 0.875. The lowest BCUT2D eigenvalue weighted by molar-refractivity contribution is -0.116. The first-order valence-corrected chi connectivity index (χ1v) is 4.84. The first kappa shape index (κ1) is 10.1. The molecular weight excluding hydrogens is 143 g/mol. The molecule has 1 nitrogen and oxygen atoms in total. The highest BCUT2D eigenvalue weighted by molar-refractivity contribution is 7.18. The van der Waals surface area contributed by atoms with Crippen molar-refractivity contribution in [2.75, 3.05) is 6.16 Å². The Morgan fingerprint density at radius 3 is 2.50 bits per heavy atom. The van der Waals surface area contributed by atoms with E-state index in [1.165, 1.54) is 19.3 Å². The van der Waals surface area contributed by atoms with Gasteiger partial charge in [0.05, 0.1) is 0 Å². The van der Waals surface area contributed by atoms with Crippen molar-refractivity contribution >= 4 is 15.0 Å². The van der Waals surface area contributed by atoms with E-state index in [-0.39, 0.29) is 0 Å². The summed E-state index contributed by atoms with van der Waals surface area (Å²) in [5.74, 6) is 0.376. The summed E-state index contributed by atoms with van der Waals surface area (Å²) in [6.45, 7) is 2.18. The molecule has 60 valence electrons. The molecule has 0 aromatic rings. The predicted molar refractivity (Wildman–Crippen MR) is 48.3 cm³/mol. The van der Waals surface area contributed by atoms with Gasteiger partial charge in [0.15, 0.2) is 0 Å². The summed E-state index contributed by atoms with van der Waals surface area (Å²) in [5.41, 5.74) is 0. The first-order valence-electron chi connectivity index (χ1n) is 4.03. The van der Waals surface area contributed by atoms with E-state index >= 15 is 0 Å². The van der Waals surface area contributed by atoms with Crippen LogP contribution in [0.25, 0.3) is 0 Å². The largest absolute Gasteiger partial charge is 0.299 e. The van der Waals surface area contributed by atoms with Gasteiger partial charge in [0.2, 0.25) is 0 Å². The van der Waals surface area contributed by atoms with Gasteiger partial charge in [-0.15, -0.1) is 9.24 Å². The number of rotatable bonds is 6. The van der Waals surface area contributed by atoms with E-state index in [4.69, 9.17) is 0 Å². The number of carbonyl (C=O) groups excluding carboxylic acids is 1. The minimum atomic E-state index is 0.376. The molecule has 0 aliphatic rings. The van der Waals surface area contributed by atoms with Crippen LogP contribution < -0.4 is 0 Å². The normalized spacial score (nSPS) is 9.80. The second-order valence-electron chi connectivity index (χ2n) is 2.55. The summed E-state index contributed by atoms with van der Waals surface area (Å²) < 4.78 is 0. The first-order chi connectivity index (χ1) is 4.81. The number of carbonyl (C=O) groups is 1. The van der Waals surface area contributed by atoms with Crippen molar-refractivity contribution < 1.29 is 4.79 Å². The number of hydrogen-bond acceptors (Lipinski definition) is 1. The minimum Gasteiger partial charge on any atom is -0.299 e. The molecule has 0 fully saturated rings. The van der Waals surface area contributed by atoms with Gasteiger partial charge in [-0.3, -0.25) is 4.79 Å². The second kappa shape index (κ2) is 7.21. The Hall–Kier alpha value is 0.100. The van der Waals surface area contributed by atoms with Crippen LogP contribution in [0.15, 0.2) is 0 Å². The molecule has 0 radical (unpaired) electrons. The Balaban J connectivity index is 2.96. The van der Waals surface area contributed by atoms with Gasteiger partial charge in [0, 0.05) is 12.6 Å². The van der Waals surface area contributed by atoms with E-state index < -0.39 is 0 Å². The van der Waals surface area contributed by atoms with E-state index in [0.717, 1.165) is 12.8 Å². The molecule has 0 saturated carbocycles. The Kier molecular flexibility index (Phi) is 7.28. The number of unbranched alkanes of at least 4 members (excludes halogenated alkanes) is 3. The Morgan fingerprint density at radius 1 is 1.30 bits per heavy atom. The zero-order chi connectivity index (χ0) is 7.82. The lowest BCUT2D eigenvalue weighted by atomic mass is 10.1. The maximum absolute atomic E-state index is 10.8. The average molecular weight is 160 g/mol. The molecule has 0 N–H and O–H groups in total. The smallest absolute Gasteiger partial charge is 0.136 e.